The molecule has 0 bridgehead atoms. The van der Waals surface area contributed by atoms with Gasteiger partial charge in [-0.15, -0.1) is 0 Å². The second-order valence-electron chi connectivity index (χ2n) is 11.6. The lowest BCUT2D eigenvalue weighted by Crippen LogP contribution is -2.42. The number of rotatable bonds is 9. The maximum absolute atomic E-state index is 6.90. The van der Waals surface area contributed by atoms with Crippen molar-refractivity contribution in [3.8, 4) is 28.7 Å². The predicted molar refractivity (Wildman–Crippen MR) is 167 cm³/mol. The van der Waals surface area contributed by atoms with Crippen molar-refractivity contribution >= 4 is 0 Å². The van der Waals surface area contributed by atoms with Crippen molar-refractivity contribution < 1.29 is 37.9 Å². The molecule has 1 aliphatic carbocycles. The molecule has 4 aromatic carbocycles. The fraction of sp³-hybridized carbons (Fsp3) is 0.351. The molecule has 0 spiro atoms. The van der Waals surface area contributed by atoms with Gasteiger partial charge in [0.1, 0.15) is 0 Å². The molecule has 0 N–H and O–H groups in total. The summed E-state index contributed by atoms with van der Waals surface area (Å²) >= 11 is 0. The molecule has 0 saturated carbocycles. The minimum atomic E-state index is -0.489. The Morgan fingerprint density at radius 3 is 2.00 bits per heavy atom. The van der Waals surface area contributed by atoms with Crippen molar-refractivity contribution in [1.82, 2.24) is 0 Å². The first-order valence-electron chi connectivity index (χ1n) is 15.3. The Hall–Kier alpha value is -4.24. The molecule has 6 atom stereocenters. The fourth-order valence-electron chi connectivity index (χ4n) is 7.27. The number of benzene rings is 4. The van der Waals surface area contributed by atoms with Gasteiger partial charge in [-0.3, -0.25) is 0 Å². The Balaban J connectivity index is 1.41. The molecule has 8 heteroatoms. The normalized spacial score (nSPS) is 23.9. The van der Waals surface area contributed by atoms with E-state index in [0.717, 1.165) is 45.7 Å². The first kappa shape index (κ1) is 29.5. The standard InChI is InChI=1S/C37H38O8/c1-38-29(22-11-7-5-8-12-22)17-26-28-20-42-37(23-13-9-6-10-14-23)45-35(28)27-19-31-30(43-21-44-31)18-25(27)34(26)24-15-32(39-2)36(41-4)33(16-24)40-3/h5-16,18-19,26,28-29,34-35,37H,17,20-21H2,1-4H3/t26-,28-,29?,34+,35-,37?/m0/s1. The van der Waals surface area contributed by atoms with Crippen LogP contribution in [0.2, 0.25) is 0 Å². The molecule has 1 saturated heterocycles. The summed E-state index contributed by atoms with van der Waals surface area (Å²) in [5.74, 6) is 3.13. The smallest absolute Gasteiger partial charge is 0.231 e. The maximum Gasteiger partial charge on any atom is 0.231 e. The van der Waals surface area contributed by atoms with E-state index in [1.807, 2.05) is 36.4 Å². The van der Waals surface area contributed by atoms with Gasteiger partial charge in [0, 0.05) is 24.5 Å². The molecule has 2 unspecified atom stereocenters. The van der Waals surface area contributed by atoms with Crippen LogP contribution in [0.1, 0.15) is 58.7 Å². The van der Waals surface area contributed by atoms with E-state index in [1.54, 1.807) is 28.4 Å². The van der Waals surface area contributed by atoms with Crippen molar-refractivity contribution in [2.24, 2.45) is 11.8 Å². The lowest BCUT2D eigenvalue weighted by atomic mass is 9.63. The van der Waals surface area contributed by atoms with Gasteiger partial charge >= 0.3 is 0 Å². The number of hydrogen-bond donors (Lipinski definition) is 0. The van der Waals surface area contributed by atoms with E-state index in [-0.39, 0.29) is 36.8 Å². The molecule has 0 amide bonds. The highest BCUT2D eigenvalue weighted by molar-refractivity contribution is 5.59. The van der Waals surface area contributed by atoms with Crippen LogP contribution >= 0.6 is 0 Å². The van der Waals surface area contributed by atoms with Crippen molar-refractivity contribution in [2.45, 2.75) is 30.8 Å². The molecule has 3 aliphatic rings. The van der Waals surface area contributed by atoms with Crippen LogP contribution in [0, 0.1) is 11.8 Å². The van der Waals surface area contributed by atoms with Gasteiger partial charge in [-0.1, -0.05) is 60.7 Å². The van der Waals surface area contributed by atoms with Crippen LogP contribution in [0.15, 0.2) is 84.9 Å². The third kappa shape index (κ3) is 5.37. The predicted octanol–water partition coefficient (Wildman–Crippen LogP) is 7.38. The lowest BCUT2D eigenvalue weighted by Gasteiger charge is -2.49. The molecule has 2 aliphatic heterocycles. The Morgan fingerprint density at radius 2 is 1.38 bits per heavy atom. The molecule has 0 radical (unpaired) electrons. The summed E-state index contributed by atoms with van der Waals surface area (Å²) in [6.07, 6.45) is -0.162. The van der Waals surface area contributed by atoms with Crippen LogP contribution in [0.25, 0.3) is 0 Å². The number of ether oxygens (including phenoxy) is 8. The summed E-state index contributed by atoms with van der Waals surface area (Å²) in [5, 5.41) is 0. The van der Waals surface area contributed by atoms with Gasteiger partial charge in [0.25, 0.3) is 0 Å². The van der Waals surface area contributed by atoms with Crippen LogP contribution < -0.4 is 23.7 Å². The second kappa shape index (κ2) is 12.6. The van der Waals surface area contributed by atoms with Crippen LogP contribution in [0.5, 0.6) is 28.7 Å². The SMILES string of the molecule is COc1cc([C@@H]2c3cc4c(cc3[C@@H]3OC(c5ccccc5)OC[C@H]3[C@@H]2CC(OC)c2ccccc2)OCO4)cc(OC)c1OC. The number of hydrogen-bond acceptors (Lipinski definition) is 8. The maximum atomic E-state index is 6.90. The summed E-state index contributed by atoms with van der Waals surface area (Å²) in [4.78, 5) is 0. The van der Waals surface area contributed by atoms with E-state index >= 15 is 0 Å². The average molecular weight is 611 g/mol. The summed E-state index contributed by atoms with van der Waals surface area (Å²) in [6.45, 7) is 0.690. The minimum absolute atomic E-state index is 0.00304. The van der Waals surface area contributed by atoms with Crippen molar-refractivity contribution in [1.29, 1.82) is 0 Å². The van der Waals surface area contributed by atoms with E-state index in [4.69, 9.17) is 37.9 Å². The second-order valence-corrected chi connectivity index (χ2v) is 11.6. The Kier molecular flexibility index (Phi) is 8.27. The molecular weight excluding hydrogens is 572 g/mol. The number of methoxy groups -OCH3 is 4. The molecule has 2 heterocycles. The van der Waals surface area contributed by atoms with Gasteiger partial charge in [0.15, 0.2) is 29.3 Å². The monoisotopic (exact) mass is 610 g/mol. The van der Waals surface area contributed by atoms with Gasteiger partial charge in [-0.2, -0.15) is 0 Å². The zero-order chi connectivity index (χ0) is 30.9. The topological polar surface area (TPSA) is 73.8 Å². The Labute approximate surface area is 263 Å². The zero-order valence-electron chi connectivity index (χ0n) is 25.9. The largest absolute Gasteiger partial charge is 0.493 e. The fourth-order valence-corrected chi connectivity index (χ4v) is 7.27. The van der Waals surface area contributed by atoms with E-state index in [0.29, 0.717) is 23.9 Å². The molecule has 8 nitrogen and oxygen atoms in total. The molecule has 0 aromatic heterocycles. The first-order valence-corrected chi connectivity index (χ1v) is 15.3. The van der Waals surface area contributed by atoms with E-state index < -0.39 is 6.29 Å². The zero-order valence-corrected chi connectivity index (χ0v) is 25.9. The molecule has 234 valence electrons. The van der Waals surface area contributed by atoms with Gasteiger partial charge in [0.05, 0.1) is 40.1 Å². The van der Waals surface area contributed by atoms with Gasteiger partial charge in [-0.25, -0.2) is 0 Å². The molecule has 45 heavy (non-hydrogen) atoms. The molecule has 7 rings (SSSR count). The quantitative estimate of drug-likeness (QED) is 0.194. The van der Waals surface area contributed by atoms with Crippen molar-refractivity contribution in [2.75, 3.05) is 41.8 Å². The first-order chi connectivity index (χ1) is 22.1. The molecule has 4 aromatic rings. The van der Waals surface area contributed by atoms with Gasteiger partial charge < -0.3 is 37.9 Å². The summed E-state index contributed by atoms with van der Waals surface area (Å²) < 4.78 is 48.7. The Morgan fingerprint density at radius 1 is 0.733 bits per heavy atom. The highest BCUT2D eigenvalue weighted by atomic mass is 16.7. The van der Waals surface area contributed by atoms with E-state index in [2.05, 4.69) is 48.5 Å². The highest BCUT2D eigenvalue weighted by Gasteiger charge is 2.49. The van der Waals surface area contributed by atoms with Crippen LogP contribution in [0.3, 0.4) is 0 Å². The van der Waals surface area contributed by atoms with E-state index in [1.165, 1.54) is 0 Å². The van der Waals surface area contributed by atoms with Crippen LogP contribution in [-0.2, 0) is 14.2 Å². The summed E-state index contributed by atoms with van der Waals surface area (Å²) in [7, 11) is 6.68. The Bertz CT molecular complexity index is 1600. The van der Waals surface area contributed by atoms with Crippen molar-refractivity contribution in [3.63, 3.8) is 0 Å². The average Bonchev–Trinajstić information content (AvgIpc) is 3.57. The van der Waals surface area contributed by atoms with E-state index in [9.17, 15) is 0 Å². The van der Waals surface area contributed by atoms with Crippen molar-refractivity contribution in [3.05, 3.63) is 113 Å². The molecular formula is C37H38O8. The third-order valence-corrected chi connectivity index (χ3v) is 9.36. The summed E-state index contributed by atoms with van der Waals surface area (Å²) in [5.41, 5.74) is 5.31. The van der Waals surface area contributed by atoms with Gasteiger partial charge in [-0.05, 0) is 58.9 Å². The highest BCUT2D eigenvalue weighted by Crippen LogP contribution is 2.58. The summed E-state index contributed by atoms with van der Waals surface area (Å²) in [6, 6.07) is 28.8. The van der Waals surface area contributed by atoms with Crippen LogP contribution in [-0.4, -0.2) is 41.8 Å². The molecule has 1 fully saturated rings. The lowest BCUT2D eigenvalue weighted by molar-refractivity contribution is -0.258. The van der Waals surface area contributed by atoms with Gasteiger partial charge in [0.2, 0.25) is 12.5 Å². The third-order valence-electron chi connectivity index (χ3n) is 9.36. The number of fused-ring (bicyclic) bond motifs is 4. The van der Waals surface area contributed by atoms with Crippen LogP contribution in [0.4, 0.5) is 0 Å². The minimum Gasteiger partial charge on any atom is -0.493 e.